The first-order valence-corrected chi connectivity index (χ1v) is 8.40. The number of benzene rings is 1. The highest BCUT2D eigenvalue weighted by Gasteiger charge is 2.31. The van der Waals surface area contributed by atoms with Gasteiger partial charge >= 0.3 is 6.18 Å². The zero-order chi connectivity index (χ0) is 18.7. The molecular weight excluding hydrogens is 345 g/mol. The van der Waals surface area contributed by atoms with Gasteiger partial charge in [0.2, 0.25) is 0 Å². The molecule has 3 rings (SSSR count). The predicted octanol–water partition coefficient (Wildman–Crippen LogP) is 4.09. The summed E-state index contributed by atoms with van der Waals surface area (Å²) in [6.07, 6.45) is -3.48. The summed E-state index contributed by atoms with van der Waals surface area (Å²) in [6, 6.07) is 10.2. The number of hydrogen-bond acceptors (Lipinski definition) is 3. The first-order chi connectivity index (χ1) is 12.3. The quantitative estimate of drug-likeness (QED) is 0.824. The Bertz CT molecular complexity index is 784. The molecule has 1 aromatic carbocycles. The van der Waals surface area contributed by atoms with Gasteiger partial charge in [0.15, 0.2) is 0 Å². The first-order valence-electron chi connectivity index (χ1n) is 8.40. The molecule has 1 saturated heterocycles. The molecule has 0 bridgehead atoms. The van der Waals surface area contributed by atoms with Crippen LogP contribution < -0.4 is 4.74 Å². The molecule has 1 amide bonds. The summed E-state index contributed by atoms with van der Waals surface area (Å²) in [5.74, 6) is 0.0659. The van der Waals surface area contributed by atoms with Crippen LogP contribution in [0.5, 0.6) is 5.75 Å². The van der Waals surface area contributed by atoms with Crippen LogP contribution in [0.15, 0.2) is 42.5 Å². The third-order valence-corrected chi connectivity index (χ3v) is 4.30. The van der Waals surface area contributed by atoms with Gasteiger partial charge in [0.05, 0.1) is 5.56 Å². The van der Waals surface area contributed by atoms with Crippen LogP contribution in [0.2, 0.25) is 0 Å². The van der Waals surface area contributed by atoms with Gasteiger partial charge in [-0.15, -0.1) is 0 Å². The lowest BCUT2D eigenvalue weighted by molar-refractivity contribution is -0.137. The topological polar surface area (TPSA) is 42.4 Å². The number of carbonyl (C=O) groups is 1. The molecule has 138 valence electrons. The highest BCUT2D eigenvalue weighted by molar-refractivity contribution is 5.92. The number of rotatable bonds is 3. The molecule has 2 heterocycles. The van der Waals surface area contributed by atoms with E-state index in [1.54, 1.807) is 17.0 Å². The molecule has 0 atom stereocenters. The monoisotopic (exact) mass is 364 g/mol. The Labute approximate surface area is 149 Å². The van der Waals surface area contributed by atoms with E-state index in [2.05, 4.69) is 4.98 Å². The SMILES string of the molecule is Cc1cccc(C(=O)N2CCC(Oc3cccc(C(F)(F)F)c3)CC2)n1. The summed E-state index contributed by atoms with van der Waals surface area (Å²) in [7, 11) is 0. The zero-order valence-electron chi connectivity index (χ0n) is 14.3. The van der Waals surface area contributed by atoms with Gasteiger partial charge in [-0.25, -0.2) is 4.98 Å². The van der Waals surface area contributed by atoms with Gasteiger partial charge < -0.3 is 9.64 Å². The summed E-state index contributed by atoms with van der Waals surface area (Å²) in [6.45, 7) is 2.79. The van der Waals surface area contributed by atoms with Gasteiger partial charge in [-0.05, 0) is 37.3 Å². The fourth-order valence-corrected chi connectivity index (χ4v) is 2.94. The molecule has 1 aliphatic heterocycles. The van der Waals surface area contributed by atoms with Crippen molar-refractivity contribution in [3.8, 4) is 5.75 Å². The van der Waals surface area contributed by atoms with Crippen molar-refractivity contribution in [3.63, 3.8) is 0 Å². The van der Waals surface area contributed by atoms with E-state index in [1.807, 2.05) is 13.0 Å². The smallest absolute Gasteiger partial charge is 0.416 e. The molecule has 0 spiro atoms. The number of piperidine rings is 1. The molecule has 0 unspecified atom stereocenters. The molecule has 0 aliphatic carbocycles. The van der Waals surface area contributed by atoms with E-state index in [0.29, 0.717) is 31.6 Å². The summed E-state index contributed by atoms with van der Waals surface area (Å²) >= 11 is 0. The van der Waals surface area contributed by atoms with E-state index in [9.17, 15) is 18.0 Å². The maximum atomic E-state index is 12.8. The molecule has 4 nitrogen and oxygen atoms in total. The molecule has 0 N–H and O–H groups in total. The maximum Gasteiger partial charge on any atom is 0.416 e. The molecule has 0 radical (unpaired) electrons. The molecule has 1 aliphatic rings. The Balaban J connectivity index is 1.58. The number of likely N-dealkylation sites (tertiary alicyclic amines) is 1. The normalized spacial score (nSPS) is 15.8. The average molecular weight is 364 g/mol. The van der Waals surface area contributed by atoms with Crippen molar-refractivity contribution in [2.24, 2.45) is 0 Å². The molecule has 2 aromatic rings. The summed E-state index contributed by atoms with van der Waals surface area (Å²) < 4.78 is 44.0. The number of halogens is 3. The Morgan fingerprint density at radius 2 is 1.85 bits per heavy atom. The fraction of sp³-hybridized carbons (Fsp3) is 0.368. The first kappa shape index (κ1) is 18.2. The van der Waals surface area contributed by atoms with Crippen LogP contribution in [0.4, 0.5) is 13.2 Å². The van der Waals surface area contributed by atoms with Gasteiger partial charge in [0.1, 0.15) is 17.5 Å². The van der Waals surface area contributed by atoms with E-state index >= 15 is 0 Å². The van der Waals surface area contributed by atoms with Crippen LogP contribution in [-0.4, -0.2) is 35.0 Å². The van der Waals surface area contributed by atoms with E-state index < -0.39 is 11.7 Å². The van der Waals surface area contributed by atoms with Crippen molar-refractivity contribution in [3.05, 3.63) is 59.4 Å². The Hall–Kier alpha value is -2.57. The fourth-order valence-electron chi connectivity index (χ4n) is 2.94. The Morgan fingerprint density at radius 1 is 1.15 bits per heavy atom. The lowest BCUT2D eigenvalue weighted by atomic mass is 10.1. The van der Waals surface area contributed by atoms with Crippen LogP contribution in [0.3, 0.4) is 0 Å². The van der Waals surface area contributed by atoms with Gasteiger partial charge in [-0.1, -0.05) is 12.1 Å². The minimum Gasteiger partial charge on any atom is -0.490 e. The minimum atomic E-state index is -4.39. The lowest BCUT2D eigenvalue weighted by Gasteiger charge is -2.32. The summed E-state index contributed by atoms with van der Waals surface area (Å²) in [4.78, 5) is 18.4. The van der Waals surface area contributed by atoms with Crippen LogP contribution in [0, 0.1) is 6.92 Å². The molecule has 7 heteroatoms. The van der Waals surface area contributed by atoms with Crippen molar-refractivity contribution in [1.29, 1.82) is 0 Å². The minimum absolute atomic E-state index is 0.133. The number of nitrogens with zero attached hydrogens (tertiary/aromatic N) is 2. The highest BCUT2D eigenvalue weighted by Crippen LogP contribution is 2.32. The number of alkyl halides is 3. The van der Waals surface area contributed by atoms with E-state index in [-0.39, 0.29) is 17.8 Å². The molecule has 1 aromatic heterocycles. The second-order valence-electron chi connectivity index (χ2n) is 6.30. The number of aromatic nitrogens is 1. The third-order valence-electron chi connectivity index (χ3n) is 4.30. The van der Waals surface area contributed by atoms with Crippen LogP contribution in [-0.2, 0) is 6.18 Å². The molecule has 26 heavy (non-hydrogen) atoms. The number of aryl methyl sites for hydroxylation is 1. The van der Waals surface area contributed by atoms with Gasteiger partial charge in [-0.2, -0.15) is 13.2 Å². The highest BCUT2D eigenvalue weighted by atomic mass is 19.4. The van der Waals surface area contributed by atoms with E-state index in [1.165, 1.54) is 12.1 Å². The number of ether oxygens (including phenoxy) is 1. The van der Waals surface area contributed by atoms with Crippen LogP contribution in [0.25, 0.3) is 0 Å². The summed E-state index contributed by atoms with van der Waals surface area (Å²) in [5.41, 5.74) is 0.453. The number of carbonyl (C=O) groups excluding carboxylic acids is 1. The van der Waals surface area contributed by atoms with E-state index in [0.717, 1.165) is 17.8 Å². The van der Waals surface area contributed by atoms with Crippen molar-refractivity contribution in [1.82, 2.24) is 9.88 Å². The molecule has 0 saturated carbocycles. The van der Waals surface area contributed by atoms with Crippen molar-refractivity contribution in [2.75, 3.05) is 13.1 Å². The average Bonchev–Trinajstić information content (AvgIpc) is 2.61. The maximum absolute atomic E-state index is 12.8. The lowest BCUT2D eigenvalue weighted by Crippen LogP contribution is -2.42. The van der Waals surface area contributed by atoms with Crippen molar-refractivity contribution < 1.29 is 22.7 Å². The predicted molar refractivity (Wildman–Crippen MR) is 90.0 cm³/mol. The Kier molecular flexibility index (Phi) is 5.15. The molecular formula is C19H19F3N2O2. The van der Waals surface area contributed by atoms with Gasteiger partial charge in [0.25, 0.3) is 5.91 Å². The second kappa shape index (κ2) is 7.35. The molecule has 1 fully saturated rings. The third kappa shape index (κ3) is 4.33. The van der Waals surface area contributed by atoms with Gasteiger partial charge in [0, 0.05) is 31.6 Å². The summed E-state index contributed by atoms with van der Waals surface area (Å²) in [5, 5.41) is 0. The number of hydrogen-bond donors (Lipinski definition) is 0. The van der Waals surface area contributed by atoms with E-state index in [4.69, 9.17) is 4.74 Å². The van der Waals surface area contributed by atoms with Crippen molar-refractivity contribution in [2.45, 2.75) is 32.0 Å². The zero-order valence-corrected chi connectivity index (χ0v) is 14.3. The van der Waals surface area contributed by atoms with Crippen LogP contribution >= 0.6 is 0 Å². The number of amides is 1. The number of pyridine rings is 1. The van der Waals surface area contributed by atoms with Gasteiger partial charge in [-0.3, -0.25) is 4.79 Å². The Morgan fingerprint density at radius 3 is 2.50 bits per heavy atom. The van der Waals surface area contributed by atoms with Crippen LogP contribution in [0.1, 0.15) is 34.6 Å². The largest absolute Gasteiger partial charge is 0.490 e. The second-order valence-corrected chi connectivity index (χ2v) is 6.30. The standard InChI is InChI=1S/C19H19F3N2O2/c1-13-4-2-7-17(23-13)18(25)24-10-8-15(9-11-24)26-16-6-3-5-14(12-16)19(20,21)22/h2-7,12,15H,8-11H2,1H3. The van der Waals surface area contributed by atoms with Crippen molar-refractivity contribution >= 4 is 5.91 Å².